The molecule has 0 aliphatic rings. The predicted molar refractivity (Wildman–Crippen MR) is 72.3 cm³/mol. The maximum Gasteiger partial charge on any atom is 0.335 e. The number of hydrogen-bond acceptors (Lipinski definition) is 2. The summed E-state index contributed by atoms with van der Waals surface area (Å²) in [6.45, 7) is 1.63. The minimum atomic E-state index is -1.07. The van der Waals surface area contributed by atoms with Crippen molar-refractivity contribution in [2.24, 2.45) is 0 Å². The van der Waals surface area contributed by atoms with Crippen LogP contribution in [0.5, 0.6) is 11.5 Å². The van der Waals surface area contributed by atoms with E-state index >= 15 is 0 Å². The second-order valence-corrected chi connectivity index (χ2v) is 4.89. The second kappa shape index (κ2) is 5.40. The molecule has 5 heteroatoms. The summed E-state index contributed by atoms with van der Waals surface area (Å²) < 4.78 is 19.7. The zero-order chi connectivity index (χ0) is 14.0. The molecule has 0 radical (unpaired) electrons. The molecule has 0 unspecified atom stereocenters. The van der Waals surface area contributed by atoms with E-state index in [2.05, 4.69) is 15.9 Å². The van der Waals surface area contributed by atoms with Gasteiger partial charge in [0.25, 0.3) is 0 Å². The van der Waals surface area contributed by atoms with Crippen LogP contribution >= 0.6 is 15.9 Å². The molecule has 2 aromatic carbocycles. The van der Waals surface area contributed by atoms with Crippen LogP contribution in [0.4, 0.5) is 4.39 Å². The highest BCUT2D eigenvalue weighted by molar-refractivity contribution is 9.10. The first-order valence-electron chi connectivity index (χ1n) is 5.44. The van der Waals surface area contributed by atoms with Crippen molar-refractivity contribution in [3.8, 4) is 11.5 Å². The fraction of sp³-hybridized carbons (Fsp3) is 0.0714. The van der Waals surface area contributed by atoms with Gasteiger partial charge in [-0.05, 0) is 36.8 Å². The minimum absolute atomic E-state index is 0.0643. The van der Waals surface area contributed by atoms with E-state index in [1.807, 2.05) is 0 Å². The number of carboxylic acid groups (broad SMARTS) is 1. The molecule has 0 aliphatic heterocycles. The first kappa shape index (κ1) is 13.5. The lowest BCUT2D eigenvalue weighted by Crippen LogP contribution is -1.97. The Morgan fingerprint density at radius 2 is 2.05 bits per heavy atom. The van der Waals surface area contributed by atoms with Crippen molar-refractivity contribution >= 4 is 21.9 Å². The number of rotatable bonds is 3. The molecule has 0 saturated heterocycles. The normalized spacial score (nSPS) is 10.3. The average Bonchev–Trinajstić information content (AvgIpc) is 2.34. The van der Waals surface area contributed by atoms with Gasteiger partial charge in [-0.1, -0.05) is 28.1 Å². The Bertz CT molecular complexity index is 641. The average molecular weight is 325 g/mol. The predicted octanol–water partition coefficient (Wildman–Crippen LogP) is 4.39. The summed E-state index contributed by atoms with van der Waals surface area (Å²) in [6.07, 6.45) is 0. The Morgan fingerprint density at radius 1 is 1.32 bits per heavy atom. The zero-order valence-corrected chi connectivity index (χ0v) is 11.6. The summed E-state index contributed by atoms with van der Waals surface area (Å²) in [4.78, 5) is 10.9. The molecule has 3 nitrogen and oxygen atoms in total. The number of aryl methyl sites for hydroxylation is 1. The lowest BCUT2D eigenvalue weighted by Gasteiger charge is -2.09. The van der Waals surface area contributed by atoms with Gasteiger partial charge in [0.1, 0.15) is 5.75 Å². The van der Waals surface area contributed by atoms with Crippen LogP contribution in [0.2, 0.25) is 0 Å². The fourth-order valence-corrected chi connectivity index (χ4v) is 2.04. The van der Waals surface area contributed by atoms with Gasteiger partial charge in [-0.25, -0.2) is 9.18 Å². The van der Waals surface area contributed by atoms with E-state index in [1.54, 1.807) is 25.1 Å². The second-order valence-electron chi connectivity index (χ2n) is 3.97. The van der Waals surface area contributed by atoms with Gasteiger partial charge < -0.3 is 9.84 Å². The van der Waals surface area contributed by atoms with E-state index in [-0.39, 0.29) is 17.1 Å². The van der Waals surface area contributed by atoms with Crippen molar-refractivity contribution in [3.05, 3.63) is 57.8 Å². The number of hydrogen-bond donors (Lipinski definition) is 1. The Labute approximate surface area is 117 Å². The maximum absolute atomic E-state index is 13.8. The Balaban J connectivity index is 2.38. The number of benzene rings is 2. The molecule has 0 aliphatic carbocycles. The first-order chi connectivity index (χ1) is 8.97. The molecule has 0 heterocycles. The van der Waals surface area contributed by atoms with Gasteiger partial charge in [-0.3, -0.25) is 0 Å². The summed E-state index contributed by atoms with van der Waals surface area (Å²) >= 11 is 3.19. The Morgan fingerprint density at radius 3 is 2.74 bits per heavy atom. The topological polar surface area (TPSA) is 46.5 Å². The number of ether oxygens (including phenoxy) is 1. The van der Waals surface area contributed by atoms with Gasteiger partial charge in [0, 0.05) is 4.47 Å². The van der Waals surface area contributed by atoms with Crippen LogP contribution in [0.3, 0.4) is 0 Å². The van der Waals surface area contributed by atoms with Crippen LogP contribution in [0.1, 0.15) is 15.9 Å². The molecule has 0 fully saturated rings. The van der Waals surface area contributed by atoms with Crippen molar-refractivity contribution in [1.29, 1.82) is 0 Å². The number of halogens is 2. The summed E-state index contributed by atoms with van der Waals surface area (Å²) in [5.74, 6) is -1.21. The highest BCUT2D eigenvalue weighted by Crippen LogP contribution is 2.29. The number of carboxylic acids is 1. The number of carbonyl (C=O) groups is 1. The molecule has 0 amide bonds. The molecule has 0 aromatic heterocycles. The van der Waals surface area contributed by atoms with Crippen molar-refractivity contribution in [2.75, 3.05) is 0 Å². The summed E-state index contributed by atoms with van der Waals surface area (Å²) in [5.41, 5.74) is 0.531. The summed E-state index contributed by atoms with van der Waals surface area (Å²) in [7, 11) is 0. The highest BCUT2D eigenvalue weighted by atomic mass is 79.9. The van der Waals surface area contributed by atoms with Gasteiger partial charge in [-0.2, -0.15) is 0 Å². The molecule has 0 saturated carbocycles. The van der Waals surface area contributed by atoms with Gasteiger partial charge in [0.2, 0.25) is 0 Å². The third-order valence-electron chi connectivity index (χ3n) is 2.50. The van der Waals surface area contributed by atoms with Crippen LogP contribution in [0.15, 0.2) is 40.9 Å². The first-order valence-corrected chi connectivity index (χ1v) is 6.23. The van der Waals surface area contributed by atoms with E-state index in [1.165, 1.54) is 18.2 Å². The van der Waals surface area contributed by atoms with E-state index < -0.39 is 11.8 Å². The summed E-state index contributed by atoms with van der Waals surface area (Å²) in [6, 6.07) is 9.16. The van der Waals surface area contributed by atoms with Gasteiger partial charge in [-0.15, -0.1) is 0 Å². The van der Waals surface area contributed by atoms with Crippen molar-refractivity contribution in [1.82, 2.24) is 0 Å². The fourth-order valence-electron chi connectivity index (χ4n) is 1.57. The van der Waals surface area contributed by atoms with E-state index in [9.17, 15) is 9.18 Å². The summed E-state index contributed by atoms with van der Waals surface area (Å²) in [5, 5.41) is 8.95. The Hall–Kier alpha value is -1.88. The quantitative estimate of drug-likeness (QED) is 0.910. The van der Waals surface area contributed by atoms with Crippen molar-refractivity contribution < 1.29 is 19.0 Å². The number of aromatic carboxylic acids is 1. The third kappa shape index (κ3) is 3.12. The van der Waals surface area contributed by atoms with Crippen LogP contribution in [0.25, 0.3) is 0 Å². The van der Waals surface area contributed by atoms with E-state index in [4.69, 9.17) is 9.84 Å². The smallest absolute Gasteiger partial charge is 0.335 e. The largest absolute Gasteiger partial charge is 0.478 e. The molecule has 19 heavy (non-hydrogen) atoms. The monoisotopic (exact) mass is 324 g/mol. The van der Waals surface area contributed by atoms with Gasteiger partial charge >= 0.3 is 5.97 Å². The standard InChI is InChI=1S/C14H10BrFO3/c1-8-3-2-4-12(13(8)16)19-11-6-9(14(17)18)5-10(15)7-11/h2-7H,1H3,(H,17,18). The SMILES string of the molecule is Cc1cccc(Oc2cc(Br)cc(C(=O)O)c2)c1F. The highest BCUT2D eigenvalue weighted by Gasteiger charge is 2.10. The van der Waals surface area contributed by atoms with Crippen LogP contribution in [-0.2, 0) is 0 Å². The Kier molecular flexibility index (Phi) is 3.85. The molecular formula is C14H10BrFO3. The van der Waals surface area contributed by atoms with Crippen LogP contribution in [-0.4, -0.2) is 11.1 Å². The lowest BCUT2D eigenvalue weighted by atomic mass is 10.2. The molecule has 2 aromatic rings. The van der Waals surface area contributed by atoms with Crippen LogP contribution in [0, 0.1) is 12.7 Å². The molecule has 1 N–H and O–H groups in total. The van der Waals surface area contributed by atoms with Gasteiger partial charge in [0.05, 0.1) is 5.56 Å². The van der Waals surface area contributed by atoms with Crippen LogP contribution < -0.4 is 4.74 Å². The maximum atomic E-state index is 13.8. The van der Waals surface area contributed by atoms with E-state index in [0.29, 0.717) is 10.0 Å². The minimum Gasteiger partial charge on any atom is -0.478 e. The molecule has 98 valence electrons. The van der Waals surface area contributed by atoms with Crippen molar-refractivity contribution in [3.63, 3.8) is 0 Å². The molecule has 0 spiro atoms. The molecule has 2 rings (SSSR count). The molecule has 0 bridgehead atoms. The lowest BCUT2D eigenvalue weighted by molar-refractivity contribution is 0.0696. The third-order valence-corrected chi connectivity index (χ3v) is 2.96. The molecule has 0 atom stereocenters. The van der Waals surface area contributed by atoms with Gasteiger partial charge in [0.15, 0.2) is 11.6 Å². The molecular weight excluding hydrogens is 315 g/mol. The van der Waals surface area contributed by atoms with Crippen molar-refractivity contribution in [2.45, 2.75) is 6.92 Å². The zero-order valence-electron chi connectivity index (χ0n) is 9.98. The van der Waals surface area contributed by atoms with E-state index in [0.717, 1.165) is 0 Å².